The van der Waals surface area contributed by atoms with Crippen LogP contribution >= 0.6 is 0 Å². The predicted octanol–water partition coefficient (Wildman–Crippen LogP) is -0.276. The minimum Gasteiger partial charge on any atom is -0.396 e. The van der Waals surface area contributed by atoms with Gasteiger partial charge in [0.1, 0.15) is 5.69 Å². The number of hydrogen-bond donors (Lipinski definition) is 3. The highest BCUT2D eigenvalue weighted by Crippen LogP contribution is 2.24. The lowest BCUT2D eigenvalue weighted by molar-refractivity contribution is 0.0995. The molecule has 2 heterocycles. The zero-order chi connectivity index (χ0) is 12.4. The Morgan fingerprint density at radius 2 is 2.29 bits per heavy atom. The number of pyridine rings is 1. The number of amides is 1. The molecule has 1 atom stereocenters. The number of carbonyl (C=O) groups is 1. The van der Waals surface area contributed by atoms with Crippen LogP contribution in [0.25, 0.3) is 0 Å². The van der Waals surface area contributed by atoms with Gasteiger partial charge in [-0.25, -0.2) is 4.98 Å². The van der Waals surface area contributed by atoms with Crippen LogP contribution < -0.4 is 16.4 Å². The fourth-order valence-corrected chi connectivity index (χ4v) is 2.00. The van der Waals surface area contributed by atoms with E-state index in [9.17, 15) is 9.90 Å². The van der Waals surface area contributed by atoms with Crippen molar-refractivity contribution < 1.29 is 9.90 Å². The Labute approximate surface area is 99.2 Å². The number of aromatic nitrogens is 1. The number of carbonyl (C=O) groups excluding carboxylic acids is 1. The summed E-state index contributed by atoms with van der Waals surface area (Å²) in [5, 5.41) is 9.61. The van der Waals surface area contributed by atoms with Crippen LogP contribution in [0.15, 0.2) is 12.1 Å². The quantitative estimate of drug-likeness (QED) is 0.655. The molecule has 0 saturated carbocycles. The average molecular weight is 236 g/mol. The van der Waals surface area contributed by atoms with E-state index in [1.54, 1.807) is 6.07 Å². The molecule has 1 amide bonds. The van der Waals surface area contributed by atoms with Crippen molar-refractivity contribution in [1.82, 2.24) is 4.98 Å². The average Bonchev–Trinajstić information content (AvgIpc) is 2.29. The zero-order valence-electron chi connectivity index (χ0n) is 9.47. The van der Waals surface area contributed by atoms with E-state index in [1.807, 2.05) is 4.90 Å². The molecule has 92 valence electrons. The number of β-amino-alcohol motifs (C(OH)–C–C–N with tert-alkyl or cyclic N) is 1. The van der Waals surface area contributed by atoms with Gasteiger partial charge in [0.05, 0.1) is 11.8 Å². The second-order valence-corrected chi connectivity index (χ2v) is 4.22. The highest BCUT2D eigenvalue weighted by molar-refractivity contribution is 5.91. The summed E-state index contributed by atoms with van der Waals surface area (Å²) in [5.74, 6) is -0.0520. The highest BCUT2D eigenvalue weighted by Gasteiger charge is 2.21. The molecule has 0 aliphatic carbocycles. The summed E-state index contributed by atoms with van der Waals surface area (Å²) in [6.07, 6.45) is 1.29. The third kappa shape index (κ3) is 2.47. The monoisotopic (exact) mass is 236 g/mol. The Balaban J connectivity index is 2.29. The van der Waals surface area contributed by atoms with Crippen molar-refractivity contribution in [1.29, 1.82) is 0 Å². The van der Waals surface area contributed by atoms with E-state index in [1.165, 1.54) is 6.07 Å². The number of nitrogens with two attached hydrogens (primary N) is 2. The molecule has 2 rings (SSSR count). The normalized spacial score (nSPS) is 20.3. The zero-order valence-corrected chi connectivity index (χ0v) is 9.47. The summed E-state index contributed by atoms with van der Waals surface area (Å²) in [4.78, 5) is 17.1. The first-order chi connectivity index (χ1) is 8.08. The summed E-state index contributed by atoms with van der Waals surface area (Å²) >= 11 is 0. The van der Waals surface area contributed by atoms with Gasteiger partial charge in [0.25, 0.3) is 5.91 Å². The molecule has 6 heteroatoms. The molecule has 17 heavy (non-hydrogen) atoms. The number of nitrogens with zero attached hydrogens (tertiary/aromatic N) is 2. The second kappa shape index (κ2) is 4.58. The number of hydrogen-bond acceptors (Lipinski definition) is 5. The predicted molar refractivity (Wildman–Crippen MR) is 64.6 cm³/mol. The number of rotatable bonds is 2. The molecule has 6 nitrogen and oxygen atoms in total. The molecule has 5 N–H and O–H groups in total. The van der Waals surface area contributed by atoms with Crippen molar-refractivity contribution in [3.8, 4) is 0 Å². The molecule has 1 unspecified atom stereocenters. The van der Waals surface area contributed by atoms with Crippen molar-refractivity contribution in [2.24, 2.45) is 5.73 Å². The standard InChI is InChI=1S/C11H16N4O2/c12-8-3-4-9(10(13)17)14-11(8)15-5-1-2-7(16)6-15/h3-4,7,16H,1-2,5-6,12H2,(H2,13,17). The first-order valence-electron chi connectivity index (χ1n) is 5.57. The van der Waals surface area contributed by atoms with Crippen LogP contribution in [0, 0.1) is 0 Å². The van der Waals surface area contributed by atoms with Gasteiger partial charge < -0.3 is 21.5 Å². The molecule has 1 aromatic heterocycles. The van der Waals surface area contributed by atoms with E-state index in [4.69, 9.17) is 11.5 Å². The number of aliphatic hydroxyl groups excluding tert-OH is 1. The lowest BCUT2D eigenvalue weighted by Crippen LogP contribution is -2.39. The first kappa shape index (κ1) is 11.7. The Bertz CT molecular complexity index is 435. The summed E-state index contributed by atoms with van der Waals surface area (Å²) < 4.78 is 0. The van der Waals surface area contributed by atoms with Gasteiger partial charge >= 0.3 is 0 Å². The molecule has 0 bridgehead atoms. The molecule has 1 aliphatic rings. The lowest BCUT2D eigenvalue weighted by atomic mass is 10.1. The van der Waals surface area contributed by atoms with Crippen molar-refractivity contribution >= 4 is 17.4 Å². The fourth-order valence-electron chi connectivity index (χ4n) is 2.00. The van der Waals surface area contributed by atoms with Crippen LogP contribution in [-0.2, 0) is 0 Å². The number of primary amides is 1. The van der Waals surface area contributed by atoms with Crippen molar-refractivity contribution in [3.63, 3.8) is 0 Å². The van der Waals surface area contributed by atoms with Gasteiger partial charge in [0.15, 0.2) is 5.82 Å². The van der Waals surface area contributed by atoms with Crippen LogP contribution in [0.2, 0.25) is 0 Å². The van der Waals surface area contributed by atoms with Crippen molar-refractivity contribution in [2.45, 2.75) is 18.9 Å². The van der Waals surface area contributed by atoms with Crippen LogP contribution in [0.1, 0.15) is 23.3 Å². The van der Waals surface area contributed by atoms with E-state index in [2.05, 4.69) is 4.98 Å². The maximum atomic E-state index is 11.1. The van der Waals surface area contributed by atoms with Crippen LogP contribution in [0.3, 0.4) is 0 Å². The second-order valence-electron chi connectivity index (χ2n) is 4.22. The summed E-state index contributed by atoms with van der Waals surface area (Å²) in [6.45, 7) is 1.26. The first-order valence-corrected chi connectivity index (χ1v) is 5.57. The Morgan fingerprint density at radius 1 is 1.53 bits per heavy atom. The molecule has 1 fully saturated rings. The topological polar surface area (TPSA) is 105 Å². The number of nitrogen functional groups attached to an aromatic ring is 1. The summed E-state index contributed by atoms with van der Waals surface area (Å²) in [5.41, 5.74) is 11.7. The molecule has 0 spiro atoms. The van der Waals surface area contributed by atoms with Crippen LogP contribution in [0.5, 0.6) is 0 Å². The molecular formula is C11H16N4O2. The maximum Gasteiger partial charge on any atom is 0.267 e. The van der Waals surface area contributed by atoms with E-state index < -0.39 is 5.91 Å². The highest BCUT2D eigenvalue weighted by atomic mass is 16.3. The lowest BCUT2D eigenvalue weighted by Gasteiger charge is -2.31. The third-order valence-corrected chi connectivity index (χ3v) is 2.85. The minimum atomic E-state index is -0.580. The van der Waals surface area contributed by atoms with Crippen molar-refractivity contribution in [3.05, 3.63) is 17.8 Å². The van der Waals surface area contributed by atoms with Gasteiger partial charge in [0, 0.05) is 13.1 Å². The van der Waals surface area contributed by atoms with E-state index in [0.717, 1.165) is 19.4 Å². The van der Waals surface area contributed by atoms with Gasteiger partial charge in [-0.2, -0.15) is 0 Å². The van der Waals surface area contributed by atoms with Gasteiger partial charge in [-0.3, -0.25) is 4.79 Å². The molecule has 0 aromatic carbocycles. The Morgan fingerprint density at radius 3 is 2.94 bits per heavy atom. The smallest absolute Gasteiger partial charge is 0.267 e. The van der Waals surface area contributed by atoms with Crippen molar-refractivity contribution in [2.75, 3.05) is 23.7 Å². The maximum absolute atomic E-state index is 11.1. The van der Waals surface area contributed by atoms with E-state index in [-0.39, 0.29) is 11.8 Å². The molecule has 1 saturated heterocycles. The number of aliphatic hydroxyl groups is 1. The largest absolute Gasteiger partial charge is 0.396 e. The van der Waals surface area contributed by atoms with Crippen LogP contribution in [-0.4, -0.2) is 35.2 Å². The Hall–Kier alpha value is -1.82. The number of anilines is 2. The van der Waals surface area contributed by atoms with Gasteiger partial charge in [-0.1, -0.05) is 0 Å². The van der Waals surface area contributed by atoms with E-state index in [0.29, 0.717) is 18.1 Å². The van der Waals surface area contributed by atoms with E-state index >= 15 is 0 Å². The summed E-state index contributed by atoms with van der Waals surface area (Å²) in [6, 6.07) is 3.12. The summed E-state index contributed by atoms with van der Waals surface area (Å²) in [7, 11) is 0. The molecular weight excluding hydrogens is 220 g/mol. The molecule has 1 aromatic rings. The SMILES string of the molecule is NC(=O)c1ccc(N)c(N2CCCC(O)C2)n1. The molecule has 1 aliphatic heterocycles. The minimum absolute atomic E-state index is 0.189. The molecule has 0 radical (unpaired) electrons. The number of piperidine rings is 1. The van der Waals surface area contributed by atoms with Gasteiger partial charge in [-0.15, -0.1) is 0 Å². The Kier molecular flexibility index (Phi) is 3.14. The van der Waals surface area contributed by atoms with Crippen LogP contribution in [0.4, 0.5) is 11.5 Å². The van der Waals surface area contributed by atoms with Gasteiger partial charge in [0.2, 0.25) is 0 Å². The fraction of sp³-hybridized carbons (Fsp3) is 0.455. The van der Waals surface area contributed by atoms with Gasteiger partial charge in [-0.05, 0) is 25.0 Å². The third-order valence-electron chi connectivity index (χ3n) is 2.85.